The summed E-state index contributed by atoms with van der Waals surface area (Å²) in [5, 5.41) is 9.50. The first-order chi connectivity index (χ1) is 10.2. The van der Waals surface area contributed by atoms with Crippen molar-refractivity contribution < 1.29 is 19.4 Å². The highest BCUT2D eigenvalue weighted by Gasteiger charge is 2.48. The van der Waals surface area contributed by atoms with Crippen LogP contribution in [-0.2, 0) is 14.3 Å². The summed E-state index contributed by atoms with van der Waals surface area (Å²) in [5.41, 5.74) is -0.790. The van der Waals surface area contributed by atoms with Crippen molar-refractivity contribution in [2.24, 2.45) is 17.3 Å². The van der Waals surface area contributed by atoms with Crippen molar-refractivity contribution in [3.05, 3.63) is 0 Å². The van der Waals surface area contributed by atoms with E-state index in [2.05, 4.69) is 13.8 Å². The number of likely N-dealkylation sites (tertiary alicyclic amines) is 1. The maximum atomic E-state index is 12.2. The van der Waals surface area contributed by atoms with Gasteiger partial charge in [-0.15, -0.1) is 0 Å². The molecule has 2 atom stereocenters. The normalized spacial score (nSPS) is 23.3. The van der Waals surface area contributed by atoms with E-state index in [-0.39, 0.29) is 17.9 Å². The van der Waals surface area contributed by atoms with Crippen molar-refractivity contribution in [1.82, 2.24) is 4.90 Å². The number of carbonyl (C=O) groups excluding carboxylic acids is 1. The lowest BCUT2D eigenvalue weighted by Crippen LogP contribution is -2.40. The molecule has 0 spiro atoms. The Labute approximate surface area is 134 Å². The van der Waals surface area contributed by atoms with E-state index < -0.39 is 11.4 Å². The van der Waals surface area contributed by atoms with Gasteiger partial charge in [0.05, 0.1) is 24.5 Å². The molecule has 1 heterocycles. The van der Waals surface area contributed by atoms with Crippen molar-refractivity contribution in [3.8, 4) is 0 Å². The zero-order valence-electron chi connectivity index (χ0n) is 14.6. The number of rotatable bonds is 8. The maximum Gasteiger partial charge on any atom is 0.311 e. The van der Waals surface area contributed by atoms with Crippen molar-refractivity contribution in [3.63, 3.8) is 0 Å². The third-order valence-corrected chi connectivity index (χ3v) is 4.71. The number of nitrogens with zero attached hydrogens (tertiary/aromatic N) is 1. The Bertz CT molecular complexity index is 394. The van der Waals surface area contributed by atoms with Crippen molar-refractivity contribution in [2.45, 2.75) is 60.0 Å². The lowest BCUT2D eigenvalue weighted by Gasteiger charge is -2.28. The highest BCUT2D eigenvalue weighted by Crippen LogP contribution is 2.38. The number of ether oxygens (including phenoxy) is 1. The minimum atomic E-state index is -0.792. The molecule has 0 bridgehead atoms. The summed E-state index contributed by atoms with van der Waals surface area (Å²) in [7, 11) is 0. The Hall–Kier alpha value is -1.10. The molecule has 0 saturated carbocycles. The monoisotopic (exact) mass is 313 g/mol. The van der Waals surface area contributed by atoms with Crippen LogP contribution >= 0.6 is 0 Å². The molecule has 128 valence electrons. The average molecular weight is 313 g/mol. The molecule has 0 radical (unpaired) electrons. The quantitative estimate of drug-likeness (QED) is 0.748. The van der Waals surface area contributed by atoms with Gasteiger partial charge in [-0.1, -0.05) is 27.7 Å². The first-order valence-electron chi connectivity index (χ1n) is 8.31. The molecule has 2 unspecified atom stereocenters. The van der Waals surface area contributed by atoms with Gasteiger partial charge in [0.2, 0.25) is 5.91 Å². The number of amides is 1. The summed E-state index contributed by atoms with van der Waals surface area (Å²) in [6.45, 7) is 11.4. The van der Waals surface area contributed by atoms with Crippen molar-refractivity contribution in [2.75, 3.05) is 19.7 Å². The topological polar surface area (TPSA) is 66.8 Å². The number of hydrogen-bond acceptors (Lipinski definition) is 3. The summed E-state index contributed by atoms with van der Waals surface area (Å²) < 4.78 is 5.67. The van der Waals surface area contributed by atoms with Crippen LogP contribution in [0.25, 0.3) is 0 Å². The average Bonchev–Trinajstić information content (AvgIpc) is 2.84. The zero-order chi connectivity index (χ0) is 16.9. The largest absolute Gasteiger partial charge is 0.481 e. The van der Waals surface area contributed by atoms with Crippen molar-refractivity contribution >= 4 is 11.9 Å². The van der Waals surface area contributed by atoms with Gasteiger partial charge in [-0.25, -0.2) is 0 Å². The lowest BCUT2D eigenvalue weighted by molar-refractivity contribution is -0.151. The molecular weight excluding hydrogens is 282 g/mol. The van der Waals surface area contributed by atoms with Gasteiger partial charge in [-0.3, -0.25) is 9.59 Å². The molecule has 1 fully saturated rings. The predicted molar refractivity (Wildman–Crippen MR) is 85.6 cm³/mol. The predicted octanol–water partition coefficient (Wildman–Crippen LogP) is 2.79. The summed E-state index contributed by atoms with van der Waals surface area (Å²) in [5.74, 6) is -0.197. The fourth-order valence-corrected chi connectivity index (χ4v) is 3.18. The number of carboxylic acids is 1. The Morgan fingerprint density at radius 1 is 1.23 bits per heavy atom. The van der Waals surface area contributed by atoms with E-state index >= 15 is 0 Å². The van der Waals surface area contributed by atoms with E-state index in [0.717, 1.165) is 6.42 Å². The highest BCUT2D eigenvalue weighted by atomic mass is 16.5. The Kier molecular flexibility index (Phi) is 6.85. The van der Waals surface area contributed by atoms with E-state index in [4.69, 9.17) is 4.74 Å². The van der Waals surface area contributed by atoms with Gasteiger partial charge in [0.1, 0.15) is 0 Å². The number of aliphatic carboxylic acids is 1. The number of hydrogen-bond donors (Lipinski definition) is 1. The molecule has 0 aromatic carbocycles. The summed E-state index contributed by atoms with van der Waals surface area (Å²) in [6, 6.07) is 0. The maximum absolute atomic E-state index is 12.2. The van der Waals surface area contributed by atoms with Crippen LogP contribution in [0.15, 0.2) is 0 Å². The number of carbonyl (C=O) groups is 2. The van der Waals surface area contributed by atoms with Crippen molar-refractivity contribution in [1.29, 1.82) is 0 Å². The molecule has 1 rings (SSSR count). The second-order valence-corrected chi connectivity index (χ2v) is 7.24. The first-order valence-corrected chi connectivity index (χ1v) is 8.31. The summed E-state index contributed by atoms with van der Waals surface area (Å²) in [4.78, 5) is 25.5. The Morgan fingerprint density at radius 2 is 1.86 bits per heavy atom. The van der Waals surface area contributed by atoms with Crippen LogP contribution < -0.4 is 0 Å². The van der Waals surface area contributed by atoms with Crippen LogP contribution in [0.4, 0.5) is 0 Å². The molecule has 0 aliphatic carbocycles. The fourth-order valence-electron chi connectivity index (χ4n) is 3.18. The molecule has 1 saturated heterocycles. The summed E-state index contributed by atoms with van der Waals surface area (Å²) in [6.07, 6.45) is 2.00. The SMILES string of the molecule is CC(C)CC(C)OCCC(=O)N1CCC(C(=O)O)(C(C)C)C1. The van der Waals surface area contributed by atoms with Gasteiger partial charge in [0.15, 0.2) is 0 Å². The van der Waals surface area contributed by atoms with Crippen LogP contribution in [-0.4, -0.2) is 47.7 Å². The molecule has 22 heavy (non-hydrogen) atoms. The van der Waals surface area contributed by atoms with Crippen LogP contribution in [0.2, 0.25) is 0 Å². The standard InChI is InChI=1S/C17H31NO4/c1-12(2)10-14(5)22-9-6-15(19)18-8-7-17(11-18,13(3)4)16(20)21/h12-14H,6-11H2,1-5H3,(H,20,21). The Balaban J connectivity index is 2.43. The lowest BCUT2D eigenvalue weighted by atomic mass is 9.76. The second kappa shape index (κ2) is 7.95. The highest BCUT2D eigenvalue weighted by molar-refractivity contribution is 5.81. The molecule has 5 nitrogen and oxygen atoms in total. The van der Waals surface area contributed by atoms with Crippen LogP contribution in [0.5, 0.6) is 0 Å². The van der Waals surface area contributed by atoms with Crippen LogP contribution in [0, 0.1) is 17.3 Å². The smallest absolute Gasteiger partial charge is 0.311 e. The third kappa shape index (κ3) is 4.70. The van der Waals surface area contributed by atoms with Crippen LogP contribution in [0.3, 0.4) is 0 Å². The van der Waals surface area contributed by atoms with Gasteiger partial charge < -0.3 is 14.7 Å². The van der Waals surface area contributed by atoms with E-state index in [0.29, 0.717) is 38.5 Å². The molecule has 1 aliphatic rings. The van der Waals surface area contributed by atoms with E-state index in [1.165, 1.54) is 0 Å². The fraction of sp³-hybridized carbons (Fsp3) is 0.882. The molecule has 1 N–H and O–H groups in total. The molecule has 5 heteroatoms. The minimum Gasteiger partial charge on any atom is -0.481 e. The van der Waals surface area contributed by atoms with Gasteiger partial charge in [-0.2, -0.15) is 0 Å². The Morgan fingerprint density at radius 3 is 2.32 bits per heavy atom. The van der Waals surface area contributed by atoms with Gasteiger partial charge >= 0.3 is 5.97 Å². The molecule has 1 amide bonds. The van der Waals surface area contributed by atoms with E-state index in [1.807, 2.05) is 20.8 Å². The van der Waals surface area contributed by atoms with E-state index in [9.17, 15) is 14.7 Å². The van der Waals surface area contributed by atoms with Gasteiger partial charge in [0, 0.05) is 13.1 Å². The summed E-state index contributed by atoms with van der Waals surface area (Å²) >= 11 is 0. The molecule has 1 aliphatic heterocycles. The molecule has 0 aromatic rings. The minimum absolute atomic E-state index is 0.000483. The van der Waals surface area contributed by atoms with Gasteiger partial charge in [-0.05, 0) is 31.6 Å². The third-order valence-electron chi connectivity index (χ3n) is 4.71. The molecular formula is C17H31NO4. The number of carboxylic acid groups (broad SMARTS) is 1. The van der Waals surface area contributed by atoms with E-state index in [1.54, 1.807) is 4.90 Å². The zero-order valence-corrected chi connectivity index (χ0v) is 14.6. The van der Waals surface area contributed by atoms with Crippen LogP contribution in [0.1, 0.15) is 53.9 Å². The second-order valence-electron chi connectivity index (χ2n) is 7.24. The van der Waals surface area contributed by atoms with Gasteiger partial charge in [0.25, 0.3) is 0 Å². The molecule has 0 aromatic heterocycles. The first kappa shape index (κ1) is 18.9.